The first-order valence-electron chi connectivity index (χ1n) is 5.93. The molecule has 2 aromatic rings. The van der Waals surface area contributed by atoms with E-state index in [2.05, 4.69) is 3.63 Å². The summed E-state index contributed by atoms with van der Waals surface area (Å²) >= 11 is 0. The lowest BCUT2D eigenvalue weighted by Crippen LogP contribution is -2.28. The van der Waals surface area contributed by atoms with E-state index in [1.807, 2.05) is 0 Å². The maximum absolute atomic E-state index is 12.3. The van der Waals surface area contributed by atoms with Crippen LogP contribution >= 0.6 is 0 Å². The van der Waals surface area contributed by atoms with Gasteiger partial charge in [-0.1, -0.05) is 24.3 Å². The molecule has 0 aliphatic carbocycles. The first-order valence-corrected chi connectivity index (χ1v) is 10.2. The van der Waals surface area contributed by atoms with Gasteiger partial charge in [0.05, 0.1) is 0 Å². The minimum atomic E-state index is -6.52. The fraction of sp³-hybridized carbons (Fsp3) is 0.0909. The molecule has 0 unspecified atom stereocenters. The highest BCUT2D eigenvalue weighted by Crippen LogP contribution is 2.33. The Kier molecular flexibility index (Phi) is 4.63. The fourth-order valence-corrected chi connectivity index (χ4v) is 4.96. The van der Waals surface area contributed by atoms with Crippen molar-refractivity contribution in [2.45, 2.75) is 15.3 Å². The molecular formula is C11H7F3O8S3. The summed E-state index contributed by atoms with van der Waals surface area (Å²) in [6.07, 6.45) is 0. The highest BCUT2D eigenvalue weighted by atomic mass is 32.3. The van der Waals surface area contributed by atoms with Gasteiger partial charge in [0.2, 0.25) is 0 Å². The van der Waals surface area contributed by atoms with Gasteiger partial charge in [-0.25, -0.2) is 0 Å². The van der Waals surface area contributed by atoms with Crippen molar-refractivity contribution < 1.29 is 46.6 Å². The number of alkyl halides is 3. The largest absolute Gasteiger partial charge is 0.524 e. The second-order valence-corrected chi connectivity index (χ2v) is 9.16. The van der Waals surface area contributed by atoms with Gasteiger partial charge in [-0.2, -0.15) is 38.4 Å². The maximum Gasteiger partial charge on any atom is 0.524 e. The average Bonchev–Trinajstić information content (AvgIpc) is 2.42. The molecule has 8 nitrogen and oxygen atoms in total. The van der Waals surface area contributed by atoms with Gasteiger partial charge >= 0.3 is 25.7 Å². The number of benzene rings is 2. The summed E-state index contributed by atoms with van der Waals surface area (Å²) in [5.74, 6) is 0. The molecule has 0 heterocycles. The van der Waals surface area contributed by atoms with Gasteiger partial charge in [0, 0.05) is 5.39 Å². The zero-order valence-electron chi connectivity index (χ0n) is 11.6. The summed E-state index contributed by atoms with van der Waals surface area (Å²) in [5.41, 5.74) is -6.02. The van der Waals surface area contributed by atoms with E-state index in [0.717, 1.165) is 18.2 Å². The van der Waals surface area contributed by atoms with Crippen molar-refractivity contribution in [3.63, 3.8) is 0 Å². The average molecular weight is 420 g/mol. The predicted molar refractivity (Wildman–Crippen MR) is 77.0 cm³/mol. The van der Waals surface area contributed by atoms with Crippen LogP contribution in [0, 0.1) is 0 Å². The Morgan fingerprint density at radius 1 is 0.840 bits per heavy atom. The van der Waals surface area contributed by atoms with Crippen LogP contribution in [0.2, 0.25) is 0 Å². The van der Waals surface area contributed by atoms with Crippen molar-refractivity contribution in [1.82, 2.24) is 0 Å². The minimum Gasteiger partial charge on any atom is -0.282 e. The molecule has 0 spiro atoms. The third-order valence-electron chi connectivity index (χ3n) is 2.84. The lowest BCUT2D eigenvalue weighted by atomic mass is 10.1. The first-order chi connectivity index (χ1) is 11.2. The van der Waals surface area contributed by atoms with Crippen molar-refractivity contribution in [3.05, 3.63) is 36.4 Å². The highest BCUT2D eigenvalue weighted by molar-refractivity contribution is 8.00. The number of hydrogen-bond donors (Lipinski definition) is 1. The molecule has 0 atom stereocenters. The fourth-order valence-electron chi connectivity index (χ4n) is 1.89. The van der Waals surface area contributed by atoms with E-state index in [9.17, 15) is 43.0 Å². The number of fused-ring (bicyclic) bond motifs is 1. The van der Waals surface area contributed by atoms with Crippen LogP contribution in [-0.2, 0) is 34.0 Å². The second-order valence-electron chi connectivity index (χ2n) is 4.51. The summed E-state index contributed by atoms with van der Waals surface area (Å²) in [7, 11) is -17.1. The van der Waals surface area contributed by atoms with Gasteiger partial charge in [0.15, 0.2) is 0 Å². The number of rotatable bonds is 4. The third kappa shape index (κ3) is 3.77. The Bertz CT molecular complexity index is 1140. The zero-order valence-corrected chi connectivity index (χ0v) is 14.1. The lowest BCUT2D eigenvalue weighted by molar-refractivity contribution is -0.0498. The van der Waals surface area contributed by atoms with E-state index in [1.165, 1.54) is 12.1 Å². The Hall–Kier alpha value is -1.74. The molecule has 0 radical (unpaired) electrons. The van der Waals surface area contributed by atoms with Crippen LogP contribution in [0.4, 0.5) is 13.2 Å². The maximum atomic E-state index is 12.3. The summed E-state index contributed by atoms with van der Waals surface area (Å²) in [6.45, 7) is 0. The van der Waals surface area contributed by atoms with E-state index in [-0.39, 0.29) is 5.39 Å². The molecule has 0 fully saturated rings. The molecular weight excluding hydrogens is 413 g/mol. The molecule has 14 heteroatoms. The van der Waals surface area contributed by atoms with Crippen molar-refractivity contribution in [3.8, 4) is 0 Å². The Morgan fingerprint density at radius 3 is 1.76 bits per heavy atom. The molecule has 2 aromatic carbocycles. The van der Waals surface area contributed by atoms with Crippen molar-refractivity contribution in [2.75, 3.05) is 0 Å². The van der Waals surface area contributed by atoms with Gasteiger partial charge in [0.25, 0.3) is 10.1 Å². The van der Waals surface area contributed by atoms with E-state index < -0.39 is 51.0 Å². The molecule has 1 N–H and O–H groups in total. The van der Waals surface area contributed by atoms with Gasteiger partial charge < -0.3 is 0 Å². The van der Waals surface area contributed by atoms with Crippen molar-refractivity contribution in [1.29, 1.82) is 0 Å². The molecule has 0 saturated heterocycles. The Balaban J connectivity index is 2.82. The monoisotopic (exact) mass is 420 g/mol. The van der Waals surface area contributed by atoms with Crippen LogP contribution in [0.5, 0.6) is 0 Å². The SMILES string of the molecule is O=S(=O)(O)c1cccc2cccc(S(=O)(=O)OS(=O)(=O)C(F)(F)F)c12. The Labute approximate surface area is 139 Å². The van der Waals surface area contributed by atoms with Crippen LogP contribution in [0.1, 0.15) is 0 Å². The van der Waals surface area contributed by atoms with E-state index >= 15 is 0 Å². The topological polar surface area (TPSA) is 132 Å². The normalized spacial score (nSPS) is 13.9. The van der Waals surface area contributed by atoms with Crippen LogP contribution in [0.25, 0.3) is 10.8 Å². The smallest absolute Gasteiger partial charge is 0.282 e. The summed E-state index contributed by atoms with van der Waals surface area (Å²) in [6, 6.07) is 5.97. The third-order valence-corrected chi connectivity index (χ3v) is 6.61. The summed E-state index contributed by atoms with van der Waals surface area (Å²) in [5, 5.41) is -0.825. The number of hydrogen-bond acceptors (Lipinski definition) is 7. The quantitative estimate of drug-likeness (QED) is 0.583. The zero-order chi connectivity index (χ0) is 19.3. The van der Waals surface area contributed by atoms with E-state index in [4.69, 9.17) is 0 Å². The molecule has 0 aliphatic heterocycles. The highest BCUT2D eigenvalue weighted by Gasteiger charge is 2.50. The lowest BCUT2D eigenvalue weighted by Gasteiger charge is -2.12. The van der Waals surface area contributed by atoms with Gasteiger partial charge in [0.1, 0.15) is 9.79 Å². The molecule has 138 valence electrons. The van der Waals surface area contributed by atoms with Crippen LogP contribution in [0.3, 0.4) is 0 Å². The molecule has 0 amide bonds. The molecule has 0 aliphatic rings. The van der Waals surface area contributed by atoms with Crippen molar-refractivity contribution in [2.24, 2.45) is 0 Å². The first kappa shape index (κ1) is 19.6. The minimum absolute atomic E-state index is 0.107. The summed E-state index contributed by atoms with van der Waals surface area (Å²) < 4.78 is 118. The van der Waals surface area contributed by atoms with Crippen molar-refractivity contribution >= 4 is 41.1 Å². The molecule has 0 saturated carbocycles. The Morgan fingerprint density at radius 2 is 1.32 bits per heavy atom. The summed E-state index contributed by atoms with van der Waals surface area (Å²) in [4.78, 5) is -2.12. The second kappa shape index (κ2) is 5.91. The molecule has 25 heavy (non-hydrogen) atoms. The van der Waals surface area contributed by atoms with Crippen LogP contribution < -0.4 is 0 Å². The predicted octanol–water partition coefficient (Wildman–Crippen LogP) is 1.64. The van der Waals surface area contributed by atoms with Crippen LogP contribution in [0.15, 0.2) is 46.2 Å². The van der Waals surface area contributed by atoms with E-state index in [0.29, 0.717) is 6.07 Å². The van der Waals surface area contributed by atoms with Crippen LogP contribution in [-0.4, -0.2) is 35.3 Å². The molecule has 0 bridgehead atoms. The van der Waals surface area contributed by atoms with E-state index in [1.54, 1.807) is 0 Å². The van der Waals surface area contributed by atoms with Gasteiger partial charge in [-0.3, -0.25) is 4.55 Å². The molecule has 2 rings (SSSR count). The number of halogens is 3. The van der Waals surface area contributed by atoms with Gasteiger partial charge in [-0.05, 0) is 17.5 Å². The molecule has 0 aromatic heterocycles. The standard InChI is InChI=1S/C11H7F3O8S3/c12-11(13,14)25(20,21)22-24(18,19)9-6-2-4-7-3-1-5-8(10(7)9)23(15,16)17/h1-6H,(H,15,16,17). The van der Waals surface area contributed by atoms with Gasteiger partial charge in [-0.15, -0.1) is 3.63 Å².